The highest BCUT2D eigenvalue weighted by atomic mass is 19.2. The van der Waals surface area contributed by atoms with Crippen LogP contribution in [0.2, 0.25) is 0 Å². The van der Waals surface area contributed by atoms with Crippen molar-refractivity contribution in [3.05, 3.63) is 23.8 Å². The molecule has 1 aromatic rings. The van der Waals surface area contributed by atoms with Crippen molar-refractivity contribution in [2.24, 2.45) is 11.8 Å². The average Bonchev–Trinajstić information content (AvgIpc) is 3.04. The zero-order chi connectivity index (χ0) is 20.7. The second-order valence-electron chi connectivity index (χ2n) is 6.85. The SMILES string of the molecule is CC(C)C(C(=O)N1CCCC1C)N(N)c1cc(F)c(F)cc1N.CNC=O. The molecule has 2 amide bonds. The largest absolute Gasteiger partial charge is 0.397 e. The number of nitrogens with two attached hydrogens (primary N) is 2. The Morgan fingerprint density at radius 2 is 1.93 bits per heavy atom. The fourth-order valence-electron chi connectivity index (χ4n) is 3.08. The summed E-state index contributed by atoms with van der Waals surface area (Å²) in [5.41, 5.74) is 5.87. The van der Waals surface area contributed by atoms with Crippen LogP contribution in [0.3, 0.4) is 0 Å². The molecule has 1 aromatic carbocycles. The van der Waals surface area contributed by atoms with Gasteiger partial charge < -0.3 is 16.0 Å². The molecule has 2 unspecified atom stereocenters. The molecule has 5 N–H and O–H groups in total. The fourth-order valence-corrected chi connectivity index (χ4v) is 3.08. The quantitative estimate of drug-likeness (QED) is 0.309. The van der Waals surface area contributed by atoms with Gasteiger partial charge in [-0.1, -0.05) is 13.8 Å². The van der Waals surface area contributed by atoms with Crippen LogP contribution in [0.25, 0.3) is 0 Å². The number of carbonyl (C=O) groups is 2. The van der Waals surface area contributed by atoms with E-state index in [1.165, 1.54) is 0 Å². The van der Waals surface area contributed by atoms with E-state index in [2.05, 4.69) is 5.32 Å². The number of amides is 2. The number of likely N-dealkylation sites (tertiary alicyclic amines) is 1. The summed E-state index contributed by atoms with van der Waals surface area (Å²) in [4.78, 5) is 23.7. The summed E-state index contributed by atoms with van der Waals surface area (Å²) in [7, 11) is 1.56. The van der Waals surface area contributed by atoms with Gasteiger partial charge in [-0.05, 0) is 25.7 Å². The van der Waals surface area contributed by atoms with E-state index in [1.54, 1.807) is 11.9 Å². The molecule has 1 fully saturated rings. The molecule has 2 rings (SSSR count). The first-order valence-corrected chi connectivity index (χ1v) is 8.85. The van der Waals surface area contributed by atoms with Crippen molar-refractivity contribution < 1.29 is 18.4 Å². The maximum atomic E-state index is 13.5. The molecule has 0 spiro atoms. The number of carbonyl (C=O) groups excluding carboxylic acids is 2. The molecule has 27 heavy (non-hydrogen) atoms. The van der Waals surface area contributed by atoms with Gasteiger partial charge in [0.25, 0.3) is 0 Å². The number of benzene rings is 1. The van der Waals surface area contributed by atoms with Crippen LogP contribution in [-0.2, 0) is 9.59 Å². The Balaban J connectivity index is 0.000000828. The molecule has 9 heteroatoms. The molecule has 7 nitrogen and oxygen atoms in total. The van der Waals surface area contributed by atoms with Gasteiger partial charge in [0.05, 0.1) is 11.4 Å². The second-order valence-corrected chi connectivity index (χ2v) is 6.85. The lowest BCUT2D eigenvalue weighted by Gasteiger charge is -2.35. The van der Waals surface area contributed by atoms with Gasteiger partial charge >= 0.3 is 0 Å². The number of hydrogen-bond acceptors (Lipinski definition) is 5. The molecular formula is C18H29F2N5O2. The molecule has 2 atom stereocenters. The van der Waals surface area contributed by atoms with Crippen molar-refractivity contribution in [1.29, 1.82) is 0 Å². The van der Waals surface area contributed by atoms with E-state index < -0.39 is 17.7 Å². The number of hydrogen-bond donors (Lipinski definition) is 3. The van der Waals surface area contributed by atoms with E-state index in [-0.39, 0.29) is 29.2 Å². The van der Waals surface area contributed by atoms with Crippen LogP contribution in [0.15, 0.2) is 12.1 Å². The first-order chi connectivity index (χ1) is 12.6. The Morgan fingerprint density at radius 1 is 1.37 bits per heavy atom. The van der Waals surface area contributed by atoms with Gasteiger partial charge in [0.1, 0.15) is 6.04 Å². The predicted octanol–water partition coefficient (Wildman–Crippen LogP) is 1.62. The van der Waals surface area contributed by atoms with Crippen LogP contribution >= 0.6 is 0 Å². The summed E-state index contributed by atoms with van der Waals surface area (Å²) >= 11 is 0. The topological polar surface area (TPSA) is 105 Å². The molecule has 0 bridgehead atoms. The number of nitrogen functional groups attached to an aromatic ring is 1. The molecule has 1 aliphatic heterocycles. The number of nitrogens with one attached hydrogen (secondary N) is 1. The molecular weight excluding hydrogens is 356 g/mol. The number of nitrogens with zero attached hydrogens (tertiary/aromatic N) is 2. The molecule has 1 heterocycles. The third-order valence-electron chi connectivity index (χ3n) is 4.49. The van der Waals surface area contributed by atoms with Crippen LogP contribution in [0.4, 0.5) is 20.2 Å². The van der Waals surface area contributed by atoms with Gasteiger partial charge in [0.15, 0.2) is 11.6 Å². The van der Waals surface area contributed by atoms with Gasteiger partial charge in [-0.15, -0.1) is 0 Å². The van der Waals surface area contributed by atoms with E-state index >= 15 is 0 Å². The first kappa shape index (κ1) is 22.6. The lowest BCUT2D eigenvalue weighted by molar-refractivity contribution is -0.134. The van der Waals surface area contributed by atoms with Crippen molar-refractivity contribution >= 4 is 23.7 Å². The normalized spacial score (nSPS) is 17.2. The smallest absolute Gasteiger partial charge is 0.247 e. The zero-order valence-electron chi connectivity index (χ0n) is 16.2. The monoisotopic (exact) mass is 385 g/mol. The second kappa shape index (κ2) is 10.1. The minimum Gasteiger partial charge on any atom is -0.397 e. The van der Waals surface area contributed by atoms with Crippen LogP contribution in [0.5, 0.6) is 0 Å². The maximum Gasteiger partial charge on any atom is 0.247 e. The van der Waals surface area contributed by atoms with E-state index in [1.807, 2.05) is 20.8 Å². The van der Waals surface area contributed by atoms with Crippen molar-refractivity contribution in [3.63, 3.8) is 0 Å². The van der Waals surface area contributed by atoms with Gasteiger partial charge in [0.2, 0.25) is 12.3 Å². The Kier molecular flexibility index (Phi) is 8.42. The Labute approximate surface area is 158 Å². The van der Waals surface area contributed by atoms with Crippen molar-refractivity contribution in [3.8, 4) is 0 Å². The molecule has 152 valence electrons. The van der Waals surface area contributed by atoms with E-state index in [9.17, 15) is 13.6 Å². The van der Waals surface area contributed by atoms with Crippen LogP contribution in [-0.4, -0.2) is 42.9 Å². The number of rotatable bonds is 5. The lowest BCUT2D eigenvalue weighted by Crippen LogP contribution is -2.55. The molecule has 0 radical (unpaired) electrons. The first-order valence-electron chi connectivity index (χ1n) is 8.85. The molecule has 1 aliphatic rings. The molecule has 0 saturated carbocycles. The molecule has 0 aliphatic carbocycles. The summed E-state index contributed by atoms with van der Waals surface area (Å²) < 4.78 is 26.8. The fraction of sp³-hybridized carbons (Fsp3) is 0.556. The van der Waals surface area contributed by atoms with E-state index in [4.69, 9.17) is 16.4 Å². The number of anilines is 2. The highest BCUT2D eigenvalue weighted by Gasteiger charge is 2.36. The average molecular weight is 385 g/mol. The van der Waals surface area contributed by atoms with Crippen molar-refractivity contribution in [2.45, 2.75) is 45.7 Å². The molecule has 0 aromatic heterocycles. The number of halogens is 2. The van der Waals surface area contributed by atoms with Crippen molar-refractivity contribution in [2.75, 3.05) is 24.3 Å². The van der Waals surface area contributed by atoms with Crippen molar-refractivity contribution in [1.82, 2.24) is 10.2 Å². The Bertz CT molecular complexity index is 657. The summed E-state index contributed by atoms with van der Waals surface area (Å²) in [6.45, 7) is 6.40. The lowest BCUT2D eigenvalue weighted by atomic mass is 10.0. The van der Waals surface area contributed by atoms with E-state index in [0.29, 0.717) is 13.0 Å². The Morgan fingerprint density at radius 3 is 2.37 bits per heavy atom. The Hall–Kier alpha value is -2.42. The maximum absolute atomic E-state index is 13.5. The van der Waals surface area contributed by atoms with Gasteiger partial charge in [-0.25, -0.2) is 14.6 Å². The third kappa shape index (κ3) is 5.53. The minimum absolute atomic E-state index is 0.000629. The minimum atomic E-state index is -1.05. The van der Waals surface area contributed by atoms with Crippen LogP contribution in [0, 0.1) is 17.6 Å². The summed E-state index contributed by atoms with van der Waals surface area (Å²) in [6, 6.07) is 1.27. The predicted molar refractivity (Wildman–Crippen MR) is 102 cm³/mol. The summed E-state index contributed by atoms with van der Waals surface area (Å²) in [6.07, 6.45) is 2.53. The standard InChI is InChI=1S/C16H24F2N4O.C2H5NO/c1-9(2)15(16(23)21-6-4-5-10(21)3)22(20)14-8-12(18)11(17)7-13(14)19;1-3-2-4/h7-10,15H,4-6,19-20H2,1-3H3;2H,1H3,(H,3,4). The van der Waals surface area contributed by atoms with Crippen LogP contribution in [0.1, 0.15) is 33.6 Å². The van der Waals surface area contributed by atoms with Gasteiger partial charge in [-0.2, -0.15) is 0 Å². The molecule has 1 saturated heterocycles. The van der Waals surface area contributed by atoms with Crippen LogP contribution < -0.4 is 21.9 Å². The summed E-state index contributed by atoms with van der Waals surface area (Å²) in [5, 5.41) is 3.41. The zero-order valence-corrected chi connectivity index (χ0v) is 16.2. The van der Waals surface area contributed by atoms with E-state index in [0.717, 1.165) is 30.0 Å². The third-order valence-corrected chi connectivity index (χ3v) is 4.49. The van der Waals surface area contributed by atoms with Gasteiger partial charge in [0, 0.05) is 31.8 Å². The summed E-state index contributed by atoms with van der Waals surface area (Å²) in [5.74, 6) is 3.77. The number of hydrazine groups is 1. The highest BCUT2D eigenvalue weighted by Crippen LogP contribution is 2.29. The van der Waals surface area contributed by atoms with Gasteiger partial charge in [-0.3, -0.25) is 14.6 Å². The highest BCUT2D eigenvalue weighted by molar-refractivity contribution is 5.87.